The first-order valence-electron chi connectivity index (χ1n) is 19.9. The molecule has 2 aromatic carbocycles. The Morgan fingerprint density at radius 2 is 1.00 bits per heavy atom. The van der Waals surface area contributed by atoms with E-state index < -0.39 is 24.0 Å². The number of hydrogen-bond acceptors (Lipinski definition) is 14. The number of piperidine rings is 2. The number of carbonyl (C=O) groups is 2. The number of nitrogens with zero attached hydrogens (tertiary/aromatic N) is 6. The van der Waals surface area contributed by atoms with Crippen LogP contribution in [0.15, 0.2) is 22.1 Å². The zero-order chi connectivity index (χ0) is 41.1. The van der Waals surface area contributed by atoms with Crippen LogP contribution in [0.3, 0.4) is 0 Å². The largest absolute Gasteiger partial charge is 0.504 e. The van der Waals surface area contributed by atoms with Gasteiger partial charge in [-0.1, -0.05) is 27.7 Å². The Morgan fingerprint density at radius 3 is 1.29 bits per heavy atom. The molecular weight excluding hydrogens is 716 g/mol. The quantitative estimate of drug-likeness (QED) is 0.0606. The fraction of sp³-hybridized carbons (Fsp3) is 0.619. The minimum atomic E-state index is -1.07. The molecule has 14 heteroatoms. The monoisotopic (exact) mass is 776 g/mol. The molecule has 0 bridgehead atoms. The Balaban J connectivity index is 1.75. The van der Waals surface area contributed by atoms with Crippen molar-refractivity contribution in [3.8, 4) is 23.0 Å². The lowest BCUT2D eigenvalue weighted by molar-refractivity contribution is -0.137. The van der Waals surface area contributed by atoms with E-state index in [4.69, 9.17) is 9.47 Å². The van der Waals surface area contributed by atoms with Gasteiger partial charge in [0.1, 0.15) is 0 Å². The van der Waals surface area contributed by atoms with Crippen LogP contribution < -0.4 is 29.1 Å². The number of aliphatic imine (C=N–C) groups is 2. The molecule has 56 heavy (non-hydrogen) atoms. The van der Waals surface area contributed by atoms with Crippen molar-refractivity contribution in [2.75, 3.05) is 74.0 Å². The normalized spacial score (nSPS) is 15.5. The van der Waals surface area contributed by atoms with Crippen LogP contribution in [0.4, 0.5) is 22.7 Å². The lowest BCUT2D eigenvalue weighted by Gasteiger charge is -2.34. The summed E-state index contributed by atoms with van der Waals surface area (Å²) in [6, 6.07) is 1.22. The van der Waals surface area contributed by atoms with E-state index in [2.05, 4.69) is 19.8 Å². The number of phenolic OH excluding ortho intramolecular Hbond substituents is 2. The Bertz CT molecular complexity index is 1660. The second kappa shape index (κ2) is 20.2. The molecule has 2 N–H and O–H groups in total. The van der Waals surface area contributed by atoms with Crippen molar-refractivity contribution >= 4 is 46.8 Å². The number of esters is 2. The van der Waals surface area contributed by atoms with Gasteiger partial charge in [-0.3, -0.25) is 0 Å². The topological polar surface area (TPSA) is 165 Å². The number of hydrogen-bond donors (Lipinski definition) is 2. The van der Waals surface area contributed by atoms with Crippen molar-refractivity contribution in [1.82, 2.24) is 0 Å². The van der Waals surface area contributed by atoms with E-state index in [1.54, 1.807) is 39.8 Å². The highest BCUT2D eigenvalue weighted by Gasteiger charge is 2.32. The van der Waals surface area contributed by atoms with Gasteiger partial charge in [0.05, 0.1) is 11.4 Å². The fourth-order valence-corrected chi connectivity index (χ4v) is 7.78. The molecule has 2 aliphatic rings. The van der Waals surface area contributed by atoms with Gasteiger partial charge in [-0.2, -0.15) is 9.98 Å². The van der Waals surface area contributed by atoms with Crippen molar-refractivity contribution in [2.45, 2.75) is 104 Å². The van der Waals surface area contributed by atoms with E-state index in [9.17, 15) is 29.4 Å². The number of unbranched alkanes of at least 4 members (excludes halogenated alkanes) is 1. The summed E-state index contributed by atoms with van der Waals surface area (Å²) in [5, 5.41) is 22.8. The molecule has 2 fully saturated rings. The molecule has 0 unspecified atom stereocenters. The number of aromatic hydroxyl groups is 2. The number of anilines is 4. The zero-order valence-corrected chi connectivity index (χ0v) is 34.4. The lowest BCUT2D eigenvalue weighted by atomic mass is 9.95. The van der Waals surface area contributed by atoms with Crippen molar-refractivity contribution in [3.05, 3.63) is 23.3 Å². The SMILES string of the molecule is CC(C)[C@H](N=C=O)C(=O)Oc1c(O)cc(N2CCCCC2)c(CCCCc2c(N3CCCCC3)cc(O)c(OC(=O)[C@@H](N=C=O)C(C)C)c2N(C)C)c1N(C)C. The molecule has 0 saturated carbocycles. The maximum Gasteiger partial charge on any atom is 0.337 e. The van der Waals surface area contributed by atoms with Crippen molar-refractivity contribution in [1.29, 1.82) is 0 Å². The van der Waals surface area contributed by atoms with Gasteiger partial charge in [0.2, 0.25) is 12.2 Å². The minimum Gasteiger partial charge on any atom is -0.504 e. The first-order valence-corrected chi connectivity index (χ1v) is 19.9. The third-order valence-corrected chi connectivity index (χ3v) is 10.6. The van der Waals surface area contributed by atoms with Crippen molar-refractivity contribution < 1.29 is 38.9 Å². The average Bonchev–Trinajstić information content (AvgIpc) is 3.16. The Hall–Kier alpha value is -5.06. The van der Waals surface area contributed by atoms with Gasteiger partial charge < -0.3 is 39.3 Å². The van der Waals surface area contributed by atoms with Crippen LogP contribution in [0.25, 0.3) is 0 Å². The fourth-order valence-electron chi connectivity index (χ4n) is 7.78. The molecule has 0 radical (unpaired) electrons. The van der Waals surface area contributed by atoms with Crippen LogP contribution in [-0.2, 0) is 32.0 Å². The maximum atomic E-state index is 13.3. The van der Waals surface area contributed by atoms with E-state index in [1.165, 1.54) is 12.2 Å². The van der Waals surface area contributed by atoms with Crippen molar-refractivity contribution in [2.24, 2.45) is 21.8 Å². The van der Waals surface area contributed by atoms with Gasteiger partial charge in [-0.15, -0.1) is 0 Å². The third kappa shape index (κ3) is 10.4. The summed E-state index contributed by atoms with van der Waals surface area (Å²) >= 11 is 0. The number of isocyanates is 2. The first-order chi connectivity index (χ1) is 26.7. The second-order valence-corrected chi connectivity index (χ2v) is 15.9. The van der Waals surface area contributed by atoms with Crippen LogP contribution in [-0.4, -0.2) is 101 Å². The van der Waals surface area contributed by atoms with Crippen LogP contribution in [0, 0.1) is 11.8 Å². The molecule has 0 aromatic heterocycles. The van der Waals surface area contributed by atoms with E-state index >= 15 is 0 Å². The van der Waals surface area contributed by atoms with Gasteiger partial charge in [0, 0.05) is 89.0 Å². The lowest BCUT2D eigenvalue weighted by Crippen LogP contribution is -2.32. The van der Waals surface area contributed by atoms with Crippen molar-refractivity contribution in [3.63, 3.8) is 0 Å². The smallest absolute Gasteiger partial charge is 0.337 e. The number of phenols is 2. The van der Waals surface area contributed by atoms with Gasteiger partial charge >= 0.3 is 11.9 Å². The summed E-state index contributed by atoms with van der Waals surface area (Å²) in [7, 11) is 7.38. The Morgan fingerprint density at radius 1 is 0.661 bits per heavy atom. The van der Waals surface area contributed by atoms with Gasteiger partial charge in [-0.05, 0) is 76.0 Å². The third-order valence-electron chi connectivity index (χ3n) is 10.6. The predicted molar refractivity (Wildman–Crippen MR) is 218 cm³/mol. The van der Waals surface area contributed by atoms with E-state index in [-0.39, 0.29) is 34.8 Å². The summed E-state index contributed by atoms with van der Waals surface area (Å²) in [5.74, 6) is -2.45. The van der Waals surface area contributed by atoms with Crippen LogP contribution in [0.1, 0.15) is 90.2 Å². The first kappa shape index (κ1) is 43.7. The minimum absolute atomic E-state index is 0.0217. The summed E-state index contributed by atoms with van der Waals surface area (Å²) in [6.45, 7) is 10.4. The molecule has 2 atom stereocenters. The molecule has 4 rings (SSSR count). The van der Waals surface area contributed by atoms with E-state index in [1.807, 2.05) is 38.0 Å². The highest BCUT2D eigenvalue weighted by molar-refractivity contribution is 5.87. The number of carbonyl (C=O) groups excluding carboxylic acids is 4. The highest BCUT2D eigenvalue weighted by atomic mass is 16.5. The molecule has 2 aromatic rings. The number of rotatable bonds is 17. The molecule has 2 heterocycles. The molecule has 0 spiro atoms. The zero-order valence-electron chi connectivity index (χ0n) is 34.4. The molecule has 0 aliphatic carbocycles. The van der Waals surface area contributed by atoms with Crippen LogP contribution >= 0.6 is 0 Å². The number of benzene rings is 2. The highest BCUT2D eigenvalue weighted by Crippen LogP contribution is 2.48. The second-order valence-electron chi connectivity index (χ2n) is 15.9. The summed E-state index contributed by atoms with van der Waals surface area (Å²) in [6.07, 6.45) is 11.9. The molecule has 306 valence electrons. The molecule has 0 amide bonds. The molecular formula is C42H60N6O8. The predicted octanol–water partition coefficient (Wildman–Crippen LogP) is 6.31. The standard InChI is InChI=1S/C42H60N6O8/c1-27(2)35(43-25-49)41(53)55-39-33(51)23-31(47-19-13-9-14-20-47)29(37(39)45(5)6)17-11-12-18-30-32(48-21-15-10-16-22-48)24-34(52)40(38(30)46(7)8)56-42(54)36(28(3)4)44-26-50/h23-24,27-28,35-36,51-52H,9-22H2,1-8H3/t35-,36-/m0/s1. The van der Waals surface area contributed by atoms with Gasteiger partial charge in [0.25, 0.3) is 0 Å². The summed E-state index contributed by atoms with van der Waals surface area (Å²) in [4.78, 5) is 64.6. The molecule has 2 aliphatic heterocycles. The average molecular weight is 777 g/mol. The summed E-state index contributed by atoms with van der Waals surface area (Å²) in [5.41, 5.74) is 4.79. The molecule has 2 saturated heterocycles. The van der Waals surface area contributed by atoms with Gasteiger partial charge in [0.15, 0.2) is 35.1 Å². The van der Waals surface area contributed by atoms with Gasteiger partial charge in [-0.25, -0.2) is 19.2 Å². The Labute approximate surface area is 331 Å². The van der Waals surface area contributed by atoms with Crippen LogP contribution in [0.2, 0.25) is 0 Å². The van der Waals surface area contributed by atoms with E-state index in [0.717, 1.165) is 87.2 Å². The maximum absolute atomic E-state index is 13.3. The number of ether oxygens (including phenoxy) is 2. The van der Waals surface area contributed by atoms with E-state index in [0.29, 0.717) is 37.1 Å². The van der Waals surface area contributed by atoms with Crippen LogP contribution in [0.5, 0.6) is 23.0 Å². The Kier molecular flexibility index (Phi) is 15.8. The summed E-state index contributed by atoms with van der Waals surface area (Å²) < 4.78 is 11.7. The molecule has 14 nitrogen and oxygen atoms in total.